The van der Waals surface area contributed by atoms with Crippen molar-refractivity contribution in [1.82, 2.24) is 0 Å². The molecule has 14 aromatic carbocycles. The van der Waals surface area contributed by atoms with Gasteiger partial charge in [-0.25, -0.2) is 0 Å². The van der Waals surface area contributed by atoms with Gasteiger partial charge in [-0.05, 0) is 312 Å². The Kier molecular flexibility index (Phi) is 23.1. The van der Waals surface area contributed by atoms with Gasteiger partial charge in [0.05, 0.1) is 50.3 Å². The first-order chi connectivity index (χ1) is 69.0. The first kappa shape index (κ1) is 99.7. The van der Waals surface area contributed by atoms with Crippen LogP contribution in [0.25, 0.3) is 43.9 Å². The number of benzene rings is 14. The van der Waals surface area contributed by atoms with E-state index < -0.39 is 0 Å². The molecule has 4 atom stereocenters. The van der Waals surface area contributed by atoms with Gasteiger partial charge in [-0.1, -0.05) is 387 Å². The highest BCUT2D eigenvalue weighted by Gasteiger charge is 2.65. The third kappa shape index (κ3) is 15.9. The van der Waals surface area contributed by atoms with Gasteiger partial charge in [0.1, 0.15) is 22.3 Å². The Hall–Kier alpha value is -11.9. The molecule has 0 bridgehead atoms. The van der Waals surface area contributed by atoms with Crippen LogP contribution >= 0.6 is 11.6 Å². The van der Waals surface area contributed by atoms with Crippen molar-refractivity contribution in [2.24, 2.45) is 0 Å². The lowest BCUT2D eigenvalue weighted by atomic mass is 9.33. The van der Waals surface area contributed by atoms with E-state index in [9.17, 15) is 0 Å². The molecule has 0 radical (unpaired) electrons. The third-order valence-electron chi connectivity index (χ3n) is 36.2. The summed E-state index contributed by atoms with van der Waals surface area (Å²) in [6.45, 7) is 75.4. The summed E-state index contributed by atoms with van der Waals surface area (Å²) in [5, 5.41) is 5.42. The monoisotopic (exact) mass is 1960 g/mol. The number of hydrogen-bond donors (Lipinski definition) is 0. The van der Waals surface area contributed by atoms with Crippen LogP contribution in [-0.4, -0.2) is 24.5 Å². The van der Waals surface area contributed by atoms with Gasteiger partial charge < -0.3 is 33.3 Å². The van der Waals surface area contributed by atoms with E-state index in [2.05, 4.69) is 489 Å². The highest BCUT2D eigenvalue weighted by atomic mass is 35.5. The Morgan fingerprint density at radius 1 is 0.293 bits per heavy atom. The van der Waals surface area contributed by atoms with Crippen LogP contribution in [0.3, 0.4) is 0 Å². The molecule has 0 N–H and O–H groups in total. The predicted molar refractivity (Wildman–Crippen MR) is 636 cm³/mol. The zero-order valence-corrected chi connectivity index (χ0v) is 94.8. The Morgan fingerprint density at radius 3 is 0.952 bits per heavy atom. The molecule has 2 fully saturated rings. The van der Waals surface area contributed by atoms with Crippen molar-refractivity contribution < 1.29 is 8.83 Å². The standard InChI is InChI=1S/C68H76BN3O.C48H50BClN2O.C21H28/c1-41-35-45(65(9,10)11)36-42(2)60(41)71-54-39-49(70(47-27-23-43(24-28-47)63(3,4)5)48-29-25-44(26-30-48)64(6,7)8)40-55-59(54)69(52-31-32-57-58(62(52)71)50-21-17-18-22-56(50)73-57)53-38-46(66(12,13)14)37-51-61(53)72(55)68(16)34-20-19-33-67(51,68)15;1-27-21-29(45(3,4)5)22-28(2)42(27)51-36-25-31(50)26-37-41(36)49(34-17-18-39-40(44(34)51)32-15-11-12-16-38(32)53-39)35-24-30(46(6,7)8)23-33-43(35)52(37)48(10)20-14-13-19-47(33,48)9;1-20(2,3)18-11-7-16(8-12-18)15-17-9-13-19(14-10-17)21(4,5)6/h17-18,21-32,35-40H,19-20,33-34H2,1-16H3;11-12,15-18,21-26H,13-14,19-20H2,1-10H3;7-14H,15H2,1-6H3. The topological polar surface area (TPSA) is 42.5 Å². The Bertz CT molecular complexity index is 7890. The lowest BCUT2D eigenvalue weighted by Crippen LogP contribution is -2.64. The van der Waals surface area contributed by atoms with Crippen LogP contribution in [0.4, 0.5) is 73.9 Å². The van der Waals surface area contributed by atoms with Gasteiger partial charge in [0.2, 0.25) is 0 Å². The molecule has 0 spiro atoms. The molecular formula is C137H154B2ClN5O2. The van der Waals surface area contributed by atoms with Crippen molar-refractivity contribution in [2.45, 2.75) is 345 Å². The fourth-order valence-corrected chi connectivity index (χ4v) is 27.5. The van der Waals surface area contributed by atoms with Gasteiger partial charge in [0.15, 0.2) is 0 Å². The lowest BCUT2D eigenvalue weighted by Gasteiger charge is -2.53. The second-order valence-corrected chi connectivity index (χ2v) is 54.8. The SMILES string of the molecule is CC(C)(C)c1ccc(Cc2ccc(C(C)(C)C)cc2)cc1.Cc1cc(C(C)(C)C)cc(C)c1N1c2cc(Cl)cc3c2B(c2cc(C(C)(C)C)cc4c2N3C2(C)CCCCC42C)c2ccc3oc4ccccc4c3c21.Cc1cc(C(C)(C)C)cc(C)c1N1c2cc(N(c3ccc(C(C)(C)C)cc3)c3ccc(C(C)(C)C)cc3)cc3c2B(c2cc(C(C)(C)C)cc4c2N3C2(C)CCCCC42C)c2ccc3oc4ccccc4c3c21. The molecule has 6 aliphatic heterocycles. The van der Waals surface area contributed by atoms with Crippen molar-refractivity contribution >= 4 is 176 Å². The normalized spacial score (nSPS) is 19.2. The van der Waals surface area contributed by atoms with Crippen molar-refractivity contribution in [3.05, 3.63) is 337 Å². The maximum atomic E-state index is 7.40. The molecule has 0 amide bonds. The molecule has 2 saturated carbocycles. The second-order valence-electron chi connectivity index (χ2n) is 54.4. The number of para-hydroxylation sites is 2. The lowest BCUT2D eigenvalue weighted by molar-refractivity contribution is 0.195. The fraction of sp³-hybridized carbons (Fsp3) is 0.387. The minimum Gasteiger partial charge on any atom is -0.456 e. The van der Waals surface area contributed by atoms with E-state index in [1.807, 2.05) is 0 Å². The zero-order valence-electron chi connectivity index (χ0n) is 94.0. The fourth-order valence-electron chi connectivity index (χ4n) is 27.3. The number of fused-ring (bicyclic) bond motifs is 22. The summed E-state index contributed by atoms with van der Waals surface area (Å²) in [7, 11) is 0. The Labute approximate surface area is 883 Å². The molecule has 7 nitrogen and oxygen atoms in total. The number of aryl methyl sites for hydroxylation is 4. The number of halogens is 1. The molecule has 8 aliphatic rings. The Balaban J connectivity index is 0.000000144. The first-order valence-corrected chi connectivity index (χ1v) is 55.3. The number of furan rings is 2. The molecule has 147 heavy (non-hydrogen) atoms. The van der Waals surface area contributed by atoms with E-state index in [-0.39, 0.29) is 78.7 Å². The average Bonchev–Trinajstić information content (AvgIpc) is 1.51. The molecule has 2 aliphatic carbocycles. The minimum atomic E-state index is -0.153. The molecule has 10 heteroatoms. The van der Waals surface area contributed by atoms with Crippen LogP contribution in [0.2, 0.25) is 5.02 Å². The van der Waals surface area contributed by atoms with E-state index in [4.69, 9.17) is 20.4 Å². The highest BCUT2D eigenvalue weighted by molar-refractivity contribution is 7.01. The molecule has 4 unspecified atom stereocenters. The number of anilines is 13. The maximum Gasteiger partial charge on any atom is 0.252 e. The maximum absolute atomic E-state index is 7.40. The molecule has 2 aromatic heterocycles. The summed E-state index contributed by atoms with van der Waals surface area (Å²) in [6, 6.07) is 93.4. The van der Waals surface area contributed by atoms with Crippen LogP contribution in [0.1, 0.15) is 334 Å². The van der Waals surface area contributed by atoms with Crippen LogP contribution in [0, 0.1) is 27.7 Å². The van der Waals surface area contributed by atoms with Gasteiger partial charge in [0.25, 0.3) is 13.4 Å². The number of rotatable bonds is 7. The summed E-state index contributed by atoms with van der Waals surface area (Å²) < 4.78 is 13.5. The third-order valence-corrected chi connectivity index (χ3v) is 36.4. The Morgan fingerprint density at radius 2 is 0.599 bits per heavy atom. The highest BCUT2D eigenvalue weighted by Crippen LogP contribution is 2.67. The van der Waals surface area contributed by atoms with Gasteiger partial charge in [-0.15, -0.1) is 0 Å². The molecule has 8 heterocycles. The predicted octanol–water partition coefficient (Wildman–Crippen LogP) is 34.9. The molecule has 752 valence electrons. The quantitative estimate of drug-likeness (QED) is 0.147. The minimum absolute atomic E-state index is 0.000747. The summed E-state index contributed by atoms with van der Waals surface area (Å²) in [4.78, 5) is 13.5. The summed E-state index contributed by atoms with van der Waals surface area (Å²) in [5.74, 6) is 0. The van der Waals surface area contributed by atoms with Gasteiger partial charge >= 0.3 is 0 Å². The molecule has 16 aromatic rings. The van der Waals surface area contributed by atoms with E-state index in [0.717, 1.165) is 74.5 Å². The van der Waals surface area contributed by atoms with Crippen LogP contribution in [0.5, 0.6) is 0 Å². The van der Waals surface area contributed by atoms with Crippen LogP contribution < -0.4 is 57.3 Å². The van der Waals surface area contributed by atoms with Gasteiger partial charge in [0, 0.05) is 72.1 Å². The first-order valence-electron chi connectivity index (χ1n) is 54.9. The van der Waals surface area contributed by atoms with Crippen molar-refractivity contribution in [3.8, 4) is 0 Å². The average molecular weight is 1960 g/mol. The van der Waals surface area contributed by atoms with E-state index in [1.54, 1.807) is 0 Å². The zero-order chi connectivity index (χ0) is 105. The van der Waals surface area contributed by atoms with E-state index >= 15 is 0 Å². The molecule has 24 rings (SSSR count). The van der Waals surface area contributed by atoms with E-state index in [1.165, 1.54) is 228 Å². The number of nitrogens with zero attached hydrogens (tertiary/aromatic N) is 5. The molecule has 0 saturated heterocycles. The molecular weight excluding hydrogens is 1800 g/mol. The number of hydrogen-bond acceptors (Lipinski definition) is 7. The van der Waals surface area contributed by atoms with Gasteiger partial charge in [-0.2, -0.15) is 0 Å². The summed E-state index contributed by atoms with van der Waals surface area (Å²) >= 11 is 7.40. The smallest absolute Gasteiger partial charge is 0.252 e. The van der Waals surface area contributed by atoms with Crippen molar-refractivity contribution in [3.63, 3.8) is 0 Å². The van der Waals surface area contributed by atoms with Crippen LogP contribution in [0.15, 0.2) is 251 Å². The van der Waals surface area contributed by atoms with Crippen molar-refractivity contribution in [2.75, 3.05) is 24.5 Å². The largest absolute Gasteiger partial charge is 0.456 e. The van der Waals surface area contributed by atoms with Gasteiger partial charge in [-0.3, -0.25) is 0 Å². The van der Waals surface area contributed by atoms with Crippen LogP contribution in [-0.2, 0) is 60.6 Å². The summed E-state index contributed by atoms with van der Waals surface area (Å²) in [6.07, 6.45) is 10.6. The van der Waals surface area contributed by atoms with Crippen molar-refractivity contribution in [1.29, 1.82) is 0 Å². The second kappa shape index (κ2) is 34.1. The van der Waals surface area contributed by atoms with E-state index in [0.29, 0.717) is 0 Å². The summed E-state index contributed by atoms with van der Waals surface area (Å²) in [5.41, 5.74) is 50.3.